The molecule has 0 aliphatic carbocycles. The number of methoxy groups -OCH3 is 1. The fraction of sp³-hybridized carbons (Fsp3) is 0.211. The molecule has 2 aromatic carbocycles. The highest BCUT2D eigenvalue weighted by molar-refractivity contribution is 5.90. The molecule has 1 amide bonds. The summed E-state index contributed by atoms with van der Waals surface area (Å²) in [7, 11) is 1.32. The van der Waals surface area contributed by atoms with Crippen LogP contribution in [0.3, 0.4) is 0 Å². The maximum atomic E-state index is 12.8. The predicted octanol–water partition coefficient (Wildman–Crippen LogP) is 2.32. The van der Waals surface area contributed by atoms with Gasteiger partial charge in [-0.2, -0.15) is 0 Å². The minimum atomic E-state index is -0.415. The van der Waals surface area contributed by atoms with Crippen molar-refractivity contribution in [1.29, 1.82) is 0 Å². The number of carbonyl (C=O) groups is 2. The van der Waals surface area contributed by atoms with E-state index in [4.69, 9.17) is 4.84 Å². The van der Waals surface area contributed by atoms with Crippen LogP contribution in [-0.2, 0) is 20.8 Å². The number of esters is 1. The van der Waals surface area contributed by atoms with Gasteiger partial charge < -0.3 is 14.9 Å². The third-order valence-electron chi connectivity index (χ3n) is 3.45. The van der Waals surface area contributed by atoms with E-state index >= 15 is 0 Å². The zero-order chi connectivity index (χ0) is 18.8. The van der Waals surface area contributed by atoms with E-state index in [1.54, 1.807) is 36.4 Å². The summed E-state index contributed by atoms with van der Waals surface area (Å²) in [4.78, 5) is 27.9. The second-order valence-corrected chi connectivity index (χ2v) is 5.35. The van der Waals surface area contributed by atoms with E-state index in [0.29, 0.717) is 18.5 Å². The van der Waals surface area contributed by atoms with Crippen LogP contribution in [0.5, 0.6) is 0 Å². The Hall–Kier alpha value is -3.22. The Balaban J connectivity index is 1.66. The lowest BCUT2D eigenvalue weighted by atomic mass is 10.1. The Bertz CT molecular complexity index is 758. The maximum Gasteiger partial charge on any atom is 0.337 e. The number of hydrogen-bond donors (Lipinski definition) is 1. The first-order valence-corrected chi connectivity index (χ1v) is 7.93. The largest absolute Gasteiger partial charge is 0.465 e. The van der Waals surface area contributed by atoms with Crippen molar-refractivity contribution in [1.82, 2.24) is 5.32 Å². The van der Waals surface area contributed by atoms with Crippen molar-refractivity contribution in [2.24, 2.45) is 5.16 Å². The molecule has 0 heterocycles. The molecule has 7 heteroatoms. The van der Waals surface area contributed by atoms with Crippen LogP contribution in [0.2, 0.25) is 0 Å². The van der Waals surface area contributed by atoms with Crippen molar-refractivity contribution in [3.8, 4) is 0 Å². The molecule has 0 unspecified atom stereocenters. The van der Waals surface area contributed by atoms with E-state index in [0.717, 1.165) is 11.1 Å². The van der Waals surface area contributed by atoms with Gasteiger partial charge in [0.25, 0.3) is 5.91 Å². The predicted molar refractivity (Wildman–Crippen MR) is 94.4 cm³/mol. The number of nitrogens with zero attached hydrogens (tertiary/aromatic N) is 1. The fourth-order valence-electron chi connectivity index (χ4n) is 2.07. The molecule has 26 heavy (non-hydrogen) atoms. The average Bonchev–Trinajstić information content (AvgIpc) is 2.66. The number of oxime groups is 1. The number of carbonyl (C=O) groups excluding carboxylic acids is 2. The van der Waals surface area contributed by atoms with Crippen LogP contribution >= 0.6 is 0 Å². The van der Waals surface area contributed by atoms with E-state index in [1.807, 2.05) is 0 Å². The van der Waals surface area contributed by atoms with Gasteiger partial charge in [0.05, 0.1) is 18.9 Å². The van der Waals surface area contributed by atoms with E-state index < -0.39 is 5.97 Å². The summed E-state index contributed by atoms with van der Waals surface area (Å²) in [6.07, 6.45) is 2.04. The highest BCUT2D eigenvalue weighted by Crippen LogP contribution is 2.04. The summed E-state index contributed by atoms with van der Waals surface area (Å²) in [5.41, 5.74) is 2.08. The summed E-state index contributed by atoms with van der Waals surface area (Å²) >= 11 is 0. The molecule has 0 aliphatic rings. The van der Waals surface area contributed by atoms with Crippen LogP contribution in [0.4, 0.5) is 4.39 Å². The third kappa shape index (κ3) is 6.35. The first-order chi connectivity index (χ1) is 12.6. The average molecular weight is 358 g/mol. The smallest absolute Gasteiger partial charge is 0.337 e. The minimum absolute atomic E-state index is 0.208. The van der Waals surface area contributed by atoms with Gasteiger partial charge in [0.2, 0.25) is 0 Å². The number of nitrogens with one attached hydrogen (secondary N) is 1. The van der Waals surface area contributed by atoms with Crippen molar-refractivity contribution < 1.29 is 23.6 Å². The topological polar surface area (TPSA) is 77.0 Å². The van der Waals surface area contributed by atoms with Crippen molar-refractivity contribution in [2.45, 2.75) is 6.42 Å². The zero-order valence-electron chi connectivity index (χ0n) is 14.3. The number of amides is 1. The summed E-state index contributed by atoms with van der Waals surface area (Å²) in [5, 5.41) is 6.40. The number of rotatable bonds is 8. The van der Waals surface area contributed by atoms with Gasteiger partial charge in [0, 0.05) is 6.54 Å². The van der Waals surface area contributed by atoms with Crippen LogP contribution in [0.25, 0.3) is 0 Å². The number of halogens is 1. The lowest BCUT2D eigenvalue weighted by Gasteiger charge is -2.04. The second-order valence-electron chi connectivity index (χ2n) is 5.35. The van der Waals surface area contributed by atoms with E-state index in [9.17, 15) is 14.0 Å². The molecule has 0 spiro atoms. The van der Waals surface area contributed by atoms with Crippen LogP contribution in [0, 0.1) is 5.82 Å². The summed E-state index contributed by atoms with van der Waals surface area (Å²) in [6.45, 7) is 0.215. The van der Waals surface area contributed by atoms with Crippen molar-refractivity contribution in [3.63, 3.8) is 0 Å². The fourth-order valence-corrected chi connectivity index (χ4v) is 2.07. The Labute approximate surface area is 150 Å². The van der Waals surface area contributed by atoms with Gasteiger partial charge >= 0.3 is 5.97 Å². The highest BCUT2D eigenvalue weighted by Gasteiger charge is 2.04. The Morgan fingerprint density at radius 2 is 1.81 bits per heavy atom. The Morgan fingerprint density at radius 3 is 2.46 bits per heavy atom. The molecule has 0 aliphatic heterocycles. The van der Waals surface area contributed by atoms with Gasteiger partial charge in [-0.15, -0.1) is 0 Å². The lowest BCUT2D eigenvalue weighted by Crippen LogP contribution is -2.28. The number of ether oxygens (including phenoxy) is 1. The van der Waals surface area contributed by atoms with Gasteiger partial charge in [-0.1, -0.05) is 29.4 Å². The quantitative estimate of drug-likeness (QED) is 0.446. The highest BCUT2D eigenvalue weighted by atomic mass is 19.1. The zero-order valence-corrected chi connectivity index (χ0v) is 14.3. The third-order valence-corrected chi connectivity index (χ3v) is 3.45. The minimum Gasteiger partial charge on any atom is -0.465 e. The lowest BCUT2D eigenvalue weighted by molar-refractivity contribution is -0.125. The molecule has 6 nitrogen and oxygen atoms in total. The molecular weight excluding hydrogens is 339 g/mol. The van der Waals surface area contributed by atoms with Crippen LogP contribution in [0.1, 0.15) is 21.5 Å². The monoisotopic (exact) mass is 358 g/mol. The summed E-state index contributed by atoms with van der Waals surface area (Å²) < 4.78 is 17.4. The molecule has 0 atom stereocenters. The van der Waals surface area contributed by atoms with Gasteiger partial charge in [0.1, 0.15) is 5.82 Å². The van der Waals surface area contributed by atoms with Gasteiger partial charge in [0.15, 0.2) is 6.61 Å². The SMILES string of the molecule is COC(=O)c1ccc(/C=N/OCC(=O)NCCc2ccc(F)cc2)cc1. The number of hydrogen-bond acceptors (Lipinski definition) is 5. The molecule has 136 valence electrons. The molecule has 0 fully saturated rings. The van der Waals surface area contributed by atoms with Crippen LogP contribution in [-0.4, -0.2) is 38.4 Å². The molecule has 0 aromatic heterocycles. The molecule has 1 N–H and O–H groups in total. The first kappa shape index (κ1) is 19.1. The normalized spacial score (nSPS) is 10.5. The maximum absolute atomic E-state index is 12.8. The first-order valence-electron chi connectivity index (χ1n) is 7.93. The Kier molecular flexibility index (Phi) is 7.30. The molecule has 0 radical (unpaired) electrons. The van der Waals surface area contributed by atoms with Crippen molar-refractivity contribution in [3.05, 3.63) is 71.0 Å². The van der Waals surface area contributed by atoms with Gasteiger partial charge in [-0.05, 0) is 41.8 Å². The second kappa shape index (κ2) is 9.93. The van der Waals surface area contributed by atoms with E-state index in [1.165, 1.54) is 25.5 Å². The standard InChI is InChI=1S/C19H19FN2O4/c1-25-19(24)16-6-2-15(3-7-16)12-22-26-13-18(23)21-11-10-14-4-8-17(20)9-5-14/h2-9,12H,10-11,13H2,1H3,(H,21,23)/b22-12+. The molecule has 0 saturated carbocycles. The van der Waals surface area contributed by atoms with E-state index in [-0.39, 0.29) is 18.3 Å². The van der Waals surface area contributed by atoms with Crippen molar-refractivity contribution >= 4 is 18.1 Å². The summed E-state index contributed by atoms with van der Waals surface area (Å²) in [5.74, 6) is -1.00. The molecule has 2 rings (SSSR count). The van der Waals surface area contributed by atoms with Crippen molar-refractivity contribution in [2.75, 3.05) is 20.3 Å². The summed E-state index contributed by atoms with van der Waals surface area (Å²) in [6, 6.07) is 12.7. The van der Waals surface area contributed by atoms with Gasteiger partial charge in [-0.3, -0.25) is 4.79 Å². The Morgan fingerprint density at radius 1 is 1.12 bits per heavy atom. The van der Waals surface area contributed by atoms with Crippen LogP contribution in [0.15, 0.2) is 53.7 Å². The van der Waals surface area contributed by atoms with Crippen LogP contribution < -0.4 is 5.32 Å². The van der Waals surface area contributed by atoms with Gasteiger partial charge in [-0.25, -0.2) is 9.18 Å². The van der Waals surface area contributed by atoms with E-state index in [2.05, 4.69) is 15.2 Å². The molecule has 0 bridgehead atoms. The number of benzene rings is 2. The molecule has 2 aromatic rings. The molecular formula is C19H19FN2O4. The molecule has 0 saturated heterocycles.